The zero-order valence-electron chi connectivity index (χ0n) is 14.4. The van der Waals surface area contributed by atoms with Crippen LogP contribution in [-0.4, -0.2) is 66.0 Å². The van der Waals surface area contributed by atoms with E-state index in [0.29, 0.717) is 22.1 Å². The SMILES string of the molecule is CSc1nc2c(Nc3ccccc3)ncnc2n1[C@@H]1O[C@H](CO)[C@@H](O)[C@H]1O. The van der Waals surface area contributed by atoms with Gasteiger partial charge in [0, 0.05) is 5.69 Å². The molecular formula is C17H19N5O4S. The summed E-state index contributed by atoms with van der Waals surface area (Å²) in [7, 11) is 0. The van der Waals surface area contributed by atoms with Crippen molar-refractivity contribution in [3.63, 3.8) is 0 Å². The number of thioether (sulfide) groups is 1. The molecule has 1 aromatic carbocycles. The number of para-hydroxylation sites is 1. The molecule has 10 heteroatoms. The Bertz CT molecular complexity index is 938. The fourth-order valence-corrected chi connectivity index (χ4v) is 3.67. The van der Waals surface area contributed by atoms with Crippen LogP contribution in [0.5, 0.6) is 0 Å². The molecule has 2 aromatic heterocycles. The molecule has 4 atom stereocenters. The Morgan fingerprint density at radius 2 is 1.96 bits per heavy atom. The zero-order valence-corrected chi connectivity index (χ0v) is 15.2. The second-order valence-corrected chi connectivity index (χ2v) is 6.86. The molecule has 0 saturated carbocycles. The number of fused-ring (bicyclic) bond motifs is 1. The highest BCUT2D eigenvalue weighted by molar-refractivity contribution is 7.98. The quantitative estimate of drug-likeness (QED) is 0.471. The van der Waals surface area contributed by atoms with Crippen molar-refractivity contribution < 1.29 is 20.1 Å². The Morgan fingerprint density at radius 3 is 2.63 bits per heavy atom. The predicted octanol–water partition coefficient (Wildman–Crippen LogP) is 0.903. The standard InChI is InChI=1S/C17H19N5O4S/c1-27-17-21-11-14(20-9-5-3-2-4-6-9)18-8-19-15(11)22(17)16-13(25)12(24)10(7-23)26-16/h2-6,8,10,12-13,16,23-25H,7H2,1H3,(H,18,19,20)/t10-,12-,13-,16-/m1/s1. The van der Waals surface area contributed by atoms with E-state index in [4.69, 9.17) is 4.74 Å². The molecule has 0 bridgehead atoms. The molecule has 0 spiro atoms. The fraction of sp³-hybridized carbons (Fsp3) is 0.353. The summed E-state index contributed by atoms with van der Waals surface area (Å²) in [6, 6.07) is 9.56. The number of imidazole rings is 1. The summed E-state index contributed by atoms with van der Waals surface area (Å²) in [6.45, 7) is -0.397. The summed E-state index contributed by atoms with van der Waals surface area (Å²) in [5.74, 6) is 0.520. The molecule has 0 amide bonds. The Balaban J connectivity index is 1.79. The first kappa shape index (κ1) is 18.1. The Hall–Kier alpha value is -2.24. The molecule has 142 valence electrons. The smallest absolute Gasteiger partial charge is 0.172 e. The van der Waals surface area contributed by atoms with Crippen LogP contribution >= 0.6 is 11.8 Å². The number of aliphatic hydroxyl groups is 3. The van der Waals surface area contributed by atoms with Crippen molar-refractivity contribution >= 4 is 34.4 Å². The molecule has 0 radical (unpaired) electrons. The number of anilines is 2. The lowest BCUT2D eigenvalue weighted by Gasteiger charge is -2.18. The average Bonchev–Trinajstić information content (AvgIpc) is 3.21. The summed E-state index contributed by atoms with van der Waals surface area (Å²) < 4.78 is 7.29. The second kappa shape index (κ2) is 7.41. The number of ether oxygens (including phenoxy) is 1. The molecule has 1 saturated heterocycles. The van der Waals surface area contributed by atoms with Crippen LogP contribution in [-0.2, 0) is 4.74 Å². The van der Waals surface area contributed by atoms with Gasteiger partial charge in [0.15, 0.2) is 28.4 Å². The van der Waals surface area contributed by atoms with Crippen LogP contribution in [0.25, 0.3) is 11.2 Å². The van der Waals surface area contributed by atoms with Crippen LogP contribution in [0, 0.1) is 0 Å². The Kier molecular flexibility index (Phi) is 4.98. The lowest BCUT2D eigenvalue weighted by molar-refractivity contribution is -0.0548. The number of benzene rings is 1. The number of hydrogen-bond acceptors (Lipinski definition) is 9. The van der Waals surface area contributed by atoms with Crippen LogP contribution in [0.1, 0.15) is 6.23 Å². The van der Waals surface area contributed by atoms with Crippen LogP contribution in [0.4, 0.5) is 11.5 Å². The van der Waals surface area contributed by atoms with E-state index < -0.39 is 31.1 Å². The number of aromatic nitrogens is 4. The van der Waals surface area contributed by atoms with E-state index in [-0.39, 0.29) is 0 Å². The molecule has 4 N–H and O–H groups in total. The van der Waals surface area contributed by atoms with Crippen LogP contribution in [0.3, 0.4) is 0 Å². The van der Waals surface area contributed by atoms with E-state index in [1.54, 1.807) is 4.57 Å². The third-order valence-electron chi connectivity index (χ3n) is 4.44. The van der Waals surface area contributed by atoms with E-state index in [1.165, 1.54) is 18.1 Å². The fourth-order valence-electron chi connectivity index (χ4n) is 3.11. The van der Waals surface area contributed by atoms with Gasteiger partial charge in [-0.25, -0.2) is 15.0 Å². The molecule has 27 heavy (non-hydrogen) atoms. The van der Waals surface area contributed by atoms with Gasteiger partial charge in [0.2, 0.25) is 0 Å². The van der Waals surface area contributed by atoms with E-state index >= 15 is 0 Å². The third-order valence-corrected chi connectivity index (χ3v) is 5.09. The van der Waals surface area contributed by atoms with Crippen LogP contribution in [0.2, 0.25) is 0 Å². The topological polar surface area (TPSA) is 126 Å². The molecule has 0 aliphatic carbocycles. The van der Waals surface area contributed by atoms with Gasteiger partial charge in [0.25, 0.3) is 0 Å². The summed E-state index contributed by atoms with van der Waals surface area (Å²) in [5, 5.41) is 33.6. The van der Waals surface area contributed by atoms with E-state index in [1.807, 2.05) is 36.6 Å². The van der Waals surface area contributed by atoms with Crippen molar-refractivity contribution in [3.8, 4) is 0 Å². The number of nitrogens with zero attached hydrogens (tertiary/aromatic N) is 4. The summed E-state index contributed by atoms with van der Waals surface area (Å²) in [5.41, 5.74) is 1.83. The lowest BCUT2D eigenvalue weighted by Crippen LogP contribution is -2.33. The number of nitrogens with one attached hydrogen (secondary N) is 1. The highest BCUT2D eigenvalue weighted by Gasteiger charge is 2.45. The van der Waals surface area contributed by atoms with Gasteiger partial charge in [0.1, 0.15) is 24.6 Å². The molecular weight excluding hydrogens is 370 g/mol. The maximum Gasteiger partial charge on any atom is 0.172 e. The minimum Gasteiger partial charge on any atom is -0.394 e. The van der Waals surface area contributed by atoms with Gasteiger partial charge in [-0.15, -0.1) is 0 Å². The summed E-state index contributed by atoms with van der Waals surface area (Å²) in [6.07, 6.45) is -0.958. The largest absolute Gasteiger partial charge is 0.394 e. The van der Waals surface area contributed by atoms with Crippen molar-refractivity contribution in [1.29, 1.82) is 0 Å². The van der Waals surface area contributed by atoms with Crippen LogP contribution < -0.4 is 5.32 Å². The molecule has 3 aromatic rings. The molecule has 9 nitrogen and oxygen atoms in total. The first-order chi connectivity index (χ1) is 13.1. The van der Waals surface area contributed by atoms with Gasteiger partial charge in [-0.3, -0.25) is 4.57 Å². The van der Waals surface area contributed by atoms with Gasteiger partial charge in [-0.05, 0) is 18.4 Å². The molecule has 0 unspecified atom stereocenters. The van der Waals surface area contributed by atoms with E-state index in [9.17, 15) is 15.3 Å². The first-order valence-electron chi connectivity index (χ1n) is 8.35. The van der Waals surface area contributed by atoms with Gasteiger partial charge in [-0.2, -0.15) is 0 Å². The van der Waals surface area contributed by atoms with Crippen molar-refractivity contribution in [3.05, 3.63) is 36.7 Å². The van der Waals surface area contributed by atoms with E-state index in [0.717, 1.165) is 5.69 Å². The minimum absolute atomic E-state index is 0.397. The monoisotopic (exact) mass is 389 g/mol. The normalized spacial score (nSPS) is 25.2. The maximum absolute atomic E-state index is 10.4. The first-order valence-corrected chi connectivity index (χ1v) is 9.58. The molecule has 1 aliphatic heterocycles. The van der Waals surface area contributed by atoms with Crippen molar-refractivity contribution in [2.24, 2.45) is 0 Å². The van der Waals surface area contributed by atoms with Crippen molar-refractivity contribution in [1.82, 2.24) is 19.5 Å². The zero-order chi connectivity index (χ0) is 19.0. The Labute approximate surface area is 159 Å². The molecule has 4 rings (SSSR count). The molecule has 1 aliphatic rings. The summed E-state index contributed by atoms with van der Waals surface area (Å²) >= 11 is 1.36. The average molecular weight is 389 g/mol. The van der Waals surface area contributed by atoms with Gasteiger partial charge < -0.3 is 25.4 Å². The molecule has 1 fully saturated rings. The van der Waals surface area contributed by atoms with Gasteiger partial charge >= 0.3 is 0 Å². The highest BCUT2D eigenvalue weighted by Crippen LogP contribution is 2.36. The predicted molar refractivity (Wildman–Crippen MR) is 99.8 cm³/mol. The summed E-state index contributed by atoms with van der Waals surface area (Å²) in [4.78, 5) is 13.2. The van der Waals surface area contributed by atoms with Crippen molar-refractivity contribution in [2.45, 2.75) is 29.7 Å². The van der Waals surface area contributed by atoms with Gasteiger partial charge in [0.05, 0.1) is 6.61 Å². The molecule has 3 heterocycles. The Morgan fingerprint density at radius 1 is 1.19 bits per heavy atom. The third kappa shape index (κ3) is 3.15. The number of rotatable bonds is 5. The van der Waals surface area contributed by atoms with Gasteiger partial charge in [-0.1, -0.05) is 30.0 Å². The lowest BCUT2D eigenvalue weighted by atomic mass is 10.1. The number of aliphatic hydroxyl groups excluding tert-OH is 3. The second-order valence-electron chi connectivity index (χ2n) is 6.08. The van der Waals surface area contributed by atoms with Crippen LogP contribution in [0.15, 0.2) is 41.8 Å². The maximum atomic E-state index is 10.4. The minimum atomic E-state index is -1.22. The van der Waals surface area contributed by atoms with Crippen molar-refractivity contribution in [2.75, 3.05) is 18.2 Å². The highest BCUT2D eigenvalue weighted by atomic mass is 32.2. The van der Waals surface area contributed by atoms with E-state index in [2.05, 4.69) is 20.3 Å². The number of hydrogen-bond donors (Lipinski definition) is 4.